The second-order valence-corrected chi connectivity index (χ2v) is 7.78. The molecule has 3 rings (SSSR count). The molecule has 1 aromatic rings. The molecule has 0 saturated carbocycles. The van der Waals surface area contributed by atoms with Crippen LogP contribution < -0.4 is 0 Å². The number of nitrogens with zero attached hydrogens (tertiary/aromatic N) is 3. The van der Waals surface area contributed by atoms with Crippen LogP contribution in [0.15, 0.2) is 30.3 Å². The predicted octanol–water partition coefficient (Wildman–Crippen LogP) is 1.21. The maximum atomic E-state index is 12.9. The SMILES string of the molecule is O=C(O)O[C@@H]1CCCN1C(=O)CN(CC(=O)N1CCC[C@@H]1C(=O)O)Cc1ccccc1. The van der Waals surface area contributed by atoms with Gasteiger partial charge in [-0.1, -0.05) is 30.3 Å². The Morgan fingerprint density at radius 2 is 1.55 bits per heavy atom. The number of hydrogen-bond acceptors (Lipinski definition) is 6. The van der Waals surface area contributed by atoms with Crippen LogP contribution in [0.5, 0.6) is 0 Å². The molecule has 2 heterocycles. The molecule has 0 bridgehead atoms. The average Bonchev–Trinajstić information content (AvgIpc) is 3.37. The number of carbonyl (C=O) groups excluding carboxylic acids is 2. The van der Waals surface area contributed by atoms with Crippen LogP contribution in [0.1, 0.15) is 31.2 Å². The van der Waals surface area contributed by atoms with Crippen LogP contribution in [0.3, 0.4) is 0 Å². The van der Waals surface area contributed by atoms with Crippen LogP contribution in [0.2, 0.25) is 0 Å². The lowest BCUT2D eigenvalue weighted by Crippen LogP contribution is -2.48. The van der Waals surface area contributed by atoms with Crippen molar-refractivity contribution >= 4 is 23.9 Å². The molecule has 0 aromatic heterocycles. The lowest BCUT2D eigenvalue weighted by Gasteiger charge is -2.29. The van der Waals surface area contributed by atoms with Gasteiger partial charge in [0.1, 0.15) is 6.04 Å². The minimum absolute atomic E-state index is 0.105. The number of benzene rings is 1. The molecule has 1 aromatic carbocycles. The molecular formula is C21H27N3O7. The molecule has 10 heteroatoms. The van der Waals surface area contributed by atoms with Gasteiger partial charge in [0, 0.05) is 26.1 Å². The topological polar surface area (TPSA) is 128 Å². The van der Waals surface area contributed by atoms with Crippen molar-refractivity contribution in [3.63, 3.8) is 0 Å². The average molecular weight is 433 g/mol. The fourth-order valence-electron chi connectivity index (χ4n) is 4.16. The van der Waals surface area contributed by atoms with Crippen molar-refractivity contribution in [3.8, 4) is 0 Å². The number of amides is 2. The molecule has 2 saturated heterocycles. The zero-order chi connectivity index (χ0) is 22.4. The van der Waals surface area contributed by atoms with E-state index in [4.69, 9.17) is 9.84 Å². The number of likely N-dealkylation sites (tertiary alicyclic amines) is 2. The first-order valence-electron chi connectivity index (χ1n) is 10.3. The molecule has 0 spiro atoms. The monoisotopic (exact) mass is 433 g/mol. The summed E-state index contributed by atoms with van der Waals surface area (Å²) in [6.45, 7) is 0.872. The van der Waals surface area contributed by atoms with Crippen molar-refractivity contribution in [2.24, 2.45) is 0 Å². The molecule has 2 N–H and O–H groups in total. The number of aliphatic carboxylic acids is 1. The van der Waals surface area contributed by atoms with E-state index in [-0.39, 0.29) is 24.9 Å². The van der Waals surface area contributed by atoms with E-state index in [9.17, 15) is 24.3 Å². The lowest BCUT2D eigenvalue weighted by molar-refractivity contribution is -0.149. The third-order valence-electron chi connectivity index (χ3n) is 5.58. The van der Waals surface area contributed by atoms with Gasteiger partial charge in [0.25, 0.3) is 0 Å². The fraction of sp³-hybridized carbons (Fsp3) is 0.524. The van der Waals surface area contributed by atoms with Crippen LogP contribution in [0.25, 0.3) is 0 Å². The van der Waals surface area contributed by atoms with Crippen LogP contribution in [-0.2, 0) is 25.7 Å². The highest BCUT2D eigenvalue weighted by Crippen LogP contribution is 2.21. The molecular weight excluding hydrogens is 406 g/mol. The smallest absolute Gasteiger partial charge is 0.480 e. The predicted molar refractivity (Wildman–Crippen MR) is 108 cm³/mol. The largest absolute Gasteiger partial charge is 0.507 e. The Morgan fingerprint density at radius 1 is 0.935 bits per heavy atom. The minimum atomic E-state index is -1.44. The molecule has 2 atom stereocenters. The first kappa shape index (κ1) is 22.5. The molecule has 2 aliphatic rings. The fourth-order valence-corrected chi connectivity index (χ4v) is 4.16. The number of rotatable bonds is 8. The van der Waals surface area contributed by atoms with Gasteiger partial charge in [-0.2, -0.15) is 0 Å². The number of carboxylic acids is 1. The Balaban J connectivity index is 1.70. The van der Waals surface area contributed by atoms with Crippen LogP contribution in [0, 0.1) is 0 Å². The van der Waals surface area contributed by atoms with Gasteiger partial charge in [-0.25, -0.2) is 9.59 Å². The summed E-state index contributed by atoms with van der Waals surface area (Å²) in [6, 6.07) is 8.50. The quantitative estimate of drug-likeness (QED) is 0.586. The van der Waals surface area contributed by atoms with Gasteiger partial charge in [-0.15, -0.1) is 0 Å². The van der Waals surface area contributed by atoms with Gasteiger partial charge in [-0.3, -0.25) is 14.5 Å². The standard InChI is InChI=1S/C21H27N3O7/c25-17(23-10-4-8-16(23)20(27)28)13-22(12-15-6-2-1-3-7-15)14-18(26)24-11-5-9-19(24)31-21(29)30/h1-3,6-7,16,19H,4-5,8-14H2,(H,27,28)(H,29,30)/t16-,19-/m1/s1. The van der Waals surface area contributed by atoms with Crippen molar-refractivity contribution in [3.05, 3.63) is 35.9 Å². The van der Waals surface area contributed by atoms with Crippen molar-refractivity contribution in [1.29, 1.82) is 0 Å². The Morgan fingerprint density at radius 3 is 2.19 bits per heavy atom. The van der Waals surface area contributed by atoms with Gasteiger partial charge < -0.3 is 24.7 Å². The summed E-state index contributed by atoms with van der Waals surface area (Å²) >= 11 is 0. The van der Waals surface area contributed by atoms with Crippen LogP contribution in [-0.4, -0.2) is 87.3 Å². The van der Waals surface area contributed by atoms with Gasteiger partial charge in [-0.05, 0) is 24.8 Å². The Labute approximate surface area is 180 Å². The van der Waals surface area contributed by atoms with Crippen molar-refractivity contribution in [1.82, 2.24) is 14.7 Å². The first-order chi connectivity index (χ1) is 14.8. The molecule has 2 amide bonds. The normalized spacial score (nSPS) is 20.8. The first-order valence-corrected chi connectivity index (χ1v) is 10.3. The Bertz CT molecular complexity index is 816. The molecule has 2 aliphatic heterocycles. The highest BCUT2D eigenvalue weighted by molar-refractivity contribution is 5.86. The Hall–Kier alpha value is -3.14. The molecule has 0 unspecified atom stereocenters. The van der Waals surface area contributed by atoms with E-state index in [0.29, 0.717) is 45.3 Å². The van der Waals surface area contributed by atoms with E-state index < -0.39 is 24.4 Å². The zero-order valence-corrected chi connectivity index (χ0v) is 17.2. The maximum Gasteiger partial charge on any atom is 0.507 e. The zero-order valence-electron chi connectivity index (χ0n) is 17.2. The summed E-state index contributed by atoms with van der Waals surface area (Å²) in [5.41, 5.74) is 0.902. The number of carboxylic acid groups (broad SMARTS) is 2. The molecule has 0 radical (unpaired) electrons. The van der Waals surface area contributed by atoms with E-state index >= 15 is 0 Å². The van der Waals surface area contributed by atoms with E-state index in [1.54, 1.807) is 4.90 Å². The molecule has 2 fully saturated rings. The van der Waals surface area contributed by atoms with Gasteiger partial charge in [0.2, 0.25) is 11.8 Å². The summed E-state index contributed by atoms with van der Waals surface area (Å²) in [7, 11) is 0. The number of hydrogen-bond donors (Lipinski definition) is 2. The number of carbonyl (C=O) groups is 4. The number of ether oxygens (including phenoxy) is 1. The molecule has 0 aliphatic carbocycles. The van der Waals surface area contributed by atoms with Crippen molar-refractivity contribution < 1.29 is 34.1 Å². The summed E-state index contributed by atoms with van der Waals surface area (Å²) in [4.78, 5) is 52.5. The second-order valence-electron chi connectivity index (χ2n) is 7.78. The van der Waals surface area contributed by atoms with Crippen molar-refractivity contribution in [2.75, 3.05) is 26.2 Å². The highest BCUT2D eigenvalue weighted by Gasteiger charge is 2.36. The maximum absolute atomic E-state index is 12.9. The Kier molecular flexibility index (Phi) is 7.45. The third kappa shape index (κ3) is 5.94. The van der Waals surface area contributed by atoms with Gasteiger partial charge in [0.15, 0.2) is 6.23 Å². The lowest BCUT2D eigenvalue weighted by atomic mass is 10.2. The summed E-state index contributed by atoms with van der Waals surface area (Å²) in [6.07, 6.45) is -0.147. The minimum Gasteiger partial charge on any atom is -0.480 e. The van der Waals surface area contributed by atoms with Gasteiger partial charge >= 0.3 is 12.1 Å². The van der Waals surface area contributed by atoms with E-state index in [1.165, 1.54) is 9.80 Å². The summed E-state index contributed by atoms with van der Waals surface area (Å²) < 4.78 is 4.81. The van der Waals surface area contributed by atoms with E-state index in [1.807, 2.05) is 30.3 Å². The van der Waals surface area contributed by atoms with E-state index in [0.717, 1.165) is 5.56 Å². The second kappa shape index (κ2) is 10.3. The van der Waals surface area contributed by atoms with E-state index in [2.05, 4.69) is 0 Å². The molecule has 10 nitrogen and oxygen atoms in total. The molecule has 31 heavy (non-hydrogen) atoms. The van der Waals surface area contributed by atoms with Crippen LogP contribution in [0.4, 0.5) is 4.79 Å². The summed E-state index contributed by atoms with van der Waals surface area (Å²) in [5.74, 6) is -1.70. The highest BCUT2D eigenvalue weighted by atomic mass is 16.7. The van der Waals surface area contributed by atoms with Crippen molar-refractivity contribution in [2.45, 2.75) is 44.5 Å². The van der Waals surface area contributed by atoms with Gasteiger partial charge in [0.05, 0.1) is 13.1 Å². The summed E-state index contributed by atoms with van der Waals surface area (Å²) in [5, 5.41) is 18.3. The third-order valence-corrected chi connectivity index (χ3v) is 5.58. The molecule has 168 valence electrons. The van der Waals surface area contributed by atoms with Crippen LogP contribution >= 0.6 is 0 Å².